The predicted molar refractivity (Wildman–Crippen MR) is 58.2 cm³/mol. The van der Waals surface area contributed by atoms with Crippen molar-refractivity contribution in [3.8, 4) is 5.75 Å². The van der Waals surface area contributed by atoms with Crippen LogP contribution in [0.3, 0.4) is 0 Å². The van der Waals surface area contributed by atoms with Crippen molar-refractivity contribution in [3.05, 3.63) is 28.2 Å². The third kappa shape index (κ3) is 3.63. The van der Waals surface area contributed by atoms with E-state index in [2.05, 4.69) is 15.9 Å². The molecule has 2 nitrogen and oxygen atoms in total. The molecule has 0 radical (unpaired) electrons. The molecule has 12 heavy (non-hydrogen) atoms. The van der Waals surface area contributed by atoms with Gasteiger partial charge in [-0.2, -0.15) is 0 Å². The van der Waals surface area contributed by atoms with E-state index < -0.39 is 0 Å². The number of benzene rings is 1. The van der Waals surface area contributed by atoms with Crippen LogP contribution in [-0.2, 0) is 6.54 Å². The first-order valence-electron chi connectivity index (χ1n) is 2.91. The molecule has 0 aromatic heterocycles. The molecule has 0 saturated heterocycles. The Bertz CT molecular complexity index is 245. The van der Waals surface area contributed by atoms with Gasteiger partial charge >= 0.3 is 0 Å². The zero-order chi connectivity index (χ0) is 7.56. The van der Waals surface area contributed by atoms with E-state index in [4.69, 9.17) is 10.8 Å². The summed E-state index contributed by atoms with van der Waals surface area (Å²) in [6.07, 6.45) is 0. The minimum atomic E-state index is 0. The van der Waals surface area contributed by atoms with Crippen LogP contribution < -0.4 is 5.73 Å². The van der Waals surface area contributed by atoms with E-state index >= 15 is 0 Å². The van der Waals surface area contributed by atoms with Gasteiger partial charge in [0.2, 0.25) is 0 Å². The van der Waals surface area contributed by atoms with Gasteiger partial charge in [0.25, 0.3) is 0 Å². The predicted octanol–water partition coefficient (Wildman–Crippen LogP) is 2.46. The quantitative estimate of drug-likeness (QED) is 0.826. The molecule has 0 bridgehead atoms. The summed E-state index contributed by atoms with van der Waals surface area (Å²) in [6.45, 7) is 0.487. The van der Waals surface area contributed by atoms with Crippen molar-refractivity contribution in [2.24, 2.45) is 5.73 Å². The van der Waals surface area contributed by atoms with E-state index in [0.717, 1.165) is 10.0 Å². The van der Waals surface area contributed by atoms with Gasteiger partial charge in [-0.1, -0.05) is 22.0 Å². The van der Waals surface area contributed by atoms with E-state index in [1.165, 1.54) is 0 Å². The summed E-state index contributed by atoms with van der Waals surface area (Å²) in [5.41, 5.74) is 6.39. The van der Waals surface area contributed by atoms with Gasteiger partial charge in [-0.3, -0.25) is 0 Å². The topological polar surface area (TPSA) is 46.2 Å². The van der Waals surface area contributed by atoms with Crippen molar-refractivity contribution in [2.75, 3.05) is 0 Å². The average molecular weight is 275 g/mol. The molecular formula is C7H10BrCl2NO. The van der Waals surface area contributed by atoms with Gasteiger partial charge in [-0.05, 0) is 17.7 Å². The zero-order valence-corrected chi connectivity index (χ0v) is 9.38. The van der Waals surface area contributed by atoms with E-state index in [9.17, 15) is 0 Å². The van der Waals surface area contributed by atoms with Crippen LogP contribution in [0.1, 0.15) is 5.56 Å². The first-order chi connectivity index (χ1) is 4.74. The number of hydrogen-bond donors (Lipinski definition) is 2. The van der Waals surface area contributed by atoms with Crippen LogP contribution >= 0.6 is 40.7 Å². The Balaban J connectivity index is 0. The summed E-state index contributed by atoms with van der Waals surface area (Å²) in [5, 5.41) is 8.96. The molecule has 1 aromatic rings. The van der Waals surface area contributed by atoms with Gasteiger partial charge < -0.3 is 10.8 Å². The normalized spacial score (nSPS) is 8.17. The van der Waals surface area contributed by atoms with Crippen LogP contribution in [-0.4, -0.2) is 5.11 Å². The summed E-state index contributed by atoms with van der Waals surface area (Å²) in [6, 6.07) is 5.04. The zero-order valence-electron chi connectivity index (χ0n) is 6.16. The number of nitrogens with two attached hydrogens (primary N) is 1. The third-order valence-electron chi connectivity index (χ3n) is 1.26. The van der Waals surface area contributed by atoms with Crippen molar-refractivity contribution in [3.63, 3.8) is 0 Å². The maximum atomic E-state index is 8.96. The lowest BCUT2D eigenvalue weighted by Gasteiger charge is -1.99. The number of rotatable bonds is 1. The molecule has 0 heterocycles. The Kier molecular flexibility index (Phi) is 7.94. The lowest BCUT2D eigenvalue weighted by atomic mass is 10.2. The fourth-order valence-corrected chi connectivity index (χ4v) is 1.23. The molecule has 70 valence electrons. The molecule has 0 unspecified atom stereocenters. The molecule has 0 aliphatic carbocycles. The molecule has 0 aliphatic heterocycles. The fourth-order valence-electron chi connectivity index (χ4n) is 0.702. The standard InChI is InChI=1S/C7H8BrNO.2ClH/c8-7-3-6(10)2-1-5(7)4-9;;/h1-3,10H,4,9H2;2*1H. The lowest BCUT2D eigenvalue weighted by molar-refractivity contribution is 0.474. The van der Waals surface area contributed by atoms with E-state index in [0.29, 0.717) is 6.54 Å². The molecule has 5 heteroatoms. The lowest BCUT2D eigenvalue weighted by Crippen LogP contribution is -1.96. The van der Waals surface area contributed by atoms with E-state index in [1.807, 2.05) is 0 Å². The van der Waals surface area contributed by atoms with Crippen LogP contribution in [0.25, 0.3) is 0 Å². The molecule has 0 atom stereocenters. The van der Waals surface area contributed by atoms with Gasteiger partial charge in [-0.25, -0.2) is 0 Å². The van der Waals surface area contributed by atoms with Crippen molar-refractivity contribution < 1.29 is 5.11 Å². The minimum Gasteiger partial charge on any atom is -0.508 e. The summed E-state index contributed by atoms with van der Waals surface area (Å²) < 4.78 is 0.856. The second kappa shape index (κ2) is 6.54. The molecule has 1 rings (SSSR count). The van der Waals surface area contributed by atoms with E-state index in [-0.39, 0.29) is 30.6 Å². The van der Waals surface area contributed by atoms with Gasteiger partial charge in [0.15, 0.2) is 0 Å². The Morgan fingerprint density at radius 2 is 1.92 bits per heavy atom. The van der Waals surface area contributed by atoms with Crippen LogP contribution in [0.5, 0.6) is 5.75 Å². The fraction of sp³-hybridized carbons (Fsp3) is 0.143. The number of aromatic hydroxyl groups is 1. The molecule has 3 N–H and O–H groups in total. The van der Waals surface area contributed by atoms with Crippen LogP contribution in [0.4, 0.5) is 0 Å². The molecule has 1 aromatic carbocycles. The van der Waals surface area contributed by atoms with E-state index in [1.54, 1.807) is 18.2 Å². The number of phenolic OH excluding ortho intramolecular Hbond substituents is 1. The largest absolute Gasteiger partial charge is 0.508 e. The van der Waals surface area contributed by atoms with Gasteiger partial charge in [0.1, 0.15) is 5.75 Å². The first-order valence-corrected chi connectivity index (χ1v) is 3.71. The second-order valence-electron chi connectivity index (χ2n) is 1.98. The Morgan fingerprint density at radius 3 is 2.33 bits per heavy atom. The number of phenols is 1. The van der Waals surface area contributed by atoms with Gasteiger partial charge in [0, 0.05) is 11.0 Å². The average Bonchev–Trinajstić information content (AvgIpc) is 1.88. The second-order valence-corrected chi connectivity index (χ2v) is 2.83. The molecule has 0 aliphatic rings. The van der Waals surface area contributed by atoms with Crippen molar-refractivity contribution in [2.45, 2.75) is 6.54 Å². The Labute approximate surface area is 92.1 Å². The van der Waals surface area contributed by atoms with Gasteiger partial charge in [0.05, 0.1) is 0 Å². The molecule has 0 amide bonds. The van der Waals surface area contributed by atoms with Crippen LogP contribution in [0.2, 0.25) is 0 Å². The Hall–Kier alpha value is 0.0400. The summed E-state index contributed by atoms with van der Waals surface area (Å²) >= 11 is 3.27. The SMILES string of the molecule is Cl.Cl.NCc1ccc(O)cc1Br. The maximum Gasteiger partial charge on any atom is 0.116 e. The number of hydrogen-bond acceptors (Lipinski definition) is 2. The molecular weight excluding hydrogens is 265 g/mol. The minimum absolute atomic E-state index is 0. The monoisotopic (exact) mass is 273 g/mol. The highest BCUT2D eigenvalue weighted by Gasteiger charge is 1.96. The highest BCUT2D eigenvalue weighted by molar-refractivity contribution is 9.10. The highest BCUT2D eigenvalue weighted by atomic mass is 79.9. The van der Waals surface area contributed by atoms with Crippen molar-refractivity contribution in [1.29, 1.82) is 0 Å². The molecule has 0 spiro atoms. The van der Waals surface area contributed by atoms with Crippen LogP contribution in [0, 0.1) is 0 Å². The summed E-state index contributed by atoms with van der Waals surface area (Å²) in [7, 11) is 0. The molecule has 0 saturated carbocycles. The first kappa shape index (κ1) is 14.6. The summed E-state index contributed by atoms with van der Waals surface area (Å²) in [5.74, 6) is 0.254. The smallest absolute Gasteiger partial charge is 0.116 e. The summed E-state index contributed by atoms with van der Waals surface area (Å²) in [4.78, 5) is 0. The maximum absolute atomic E-state index is 8.96. The van der Waals surface area contributed by atoms with Gasteiger partial charge in [-0.15, -0.1) is 24.8 Å². The van der Waals surface area contributed by atoms with Crippen molar-refractivity contribution in [1.82, 2.24) is 0 Å². The Morgan fingerprint density at radius 1 is 1.33 bits per heavy atom. The van der Waals surface area contributed by atoms with Crippen LogP contribution in [0.15, 0.2) is 22.7 Å². The van der Waals surface area contributed by atoms with Crippen molar-refractivity contribution >= 4 is 40.7 Å². The molecule has 0 fully saturated rings. The highest BCUT2D eigenvalue weighted by Crippen LogP contribution is 2.21. The third-order valence-corrected chi connectivity index (χ3v) is 1.99. The number of halogens is 3.